The summed E-state index contributed by atoms with van der Waals surface area (Å²) in [5.74, 6) is -0.0902. The van der Waals surface area contributed by atoms with Crippen LogP contribution in [0.5, 0.6) is 0 Å². The van der Waals surface area contributed by atoms with Crippen molar-refractivity contribution in [2.45, 2.75) is 26.7 Å². The minimum atomic E-state index is -0.105. The summed E-state index contributed by atoms with van der Waals surface area (Å²) in [5.41, 5.74) is 1.62. The molecule has 2 amide bonds. The molecule has 0 aliphatic carbocycles. The topological polar surface area (TPSA) is 78.7 Å². The van der Waals surface area contributed by atoms with Crippen LogP contribution in [0.3, 0.4) is 0 Å². The summed E-state index contributed by atoms with van der Waals surface area (Å²) in [6.45, 7) is 6.48. The van der Waals surface area contributed by atoms with Crippen LogP contribution in [0.1, 0.15) is 26.7 Å². The van der Waals surface area contributed by atoms with Crippen LogP contribution >= 0.6 is 0 Å². The second kappa shape index (κ2) is 8.21. The monoisotopic (exact) mass is 358 g/mol. The molecule has 0 spiro atoms. The zero-order valence-electron chi connectivity index (χ0n) is 15.4. The van der Waals surface area contributed by atoms with Crippen LogP contribution in [0.2, 0.25) is 0 Å². The van der Waals surface area contributed by atoms with Crippen molar-refractivity contribution in [1.29, 1.82) is 0 Å². The number of rotatable bonds is 6. The molecule has 1 aromatic heterocycles. The van der Waals surface area contributed by atoms with Gasteiger partial charge >= 0.3 is 0 Å². The third-order valence-electron chi connectivity index (χ3n) is 4.80. The highest BCUT2D eigenvalue weighted by Gasteiger charge is 2.30. The third kappa shape index (κ3) is 3.98. The third-order valence-corrected chi connectivity index (χ3v) is 4.80. The standard InChI is InChI=1S/C19H26N4O3/c1-3-20-17(24)13-22(4-2)18(25)14-9-11-23(12-10-14)19-21-15-7-5-6-8-16(15)26-19/h5-8,14H,3-4,9-13H2,1-2H3,(H,20,24). The maximum absolute atomic E-state index is 12.7. The molecule has 0 radical (unpaired) electrons. The summed E-state index contributed by atoms with van der Waals surface area (Å²) < 4.78 is 5.82. The molecular formula is C19H26N4O3. The van der Waals surface area contributed by atoms with Gasteiger partial charge in [0.25, 0.3) is 6.01 Å². The van der Waals surface area contributed by atoms with Gasteiger partial charge in [0.2, 0.25) is 11.8 Å². The van der Waals surface area contributed by atoms with Gasteiger partial charge in [-0.25, -0.2) is 0 Å². The Morgan fingerprint density at radius 1 is 1.27 bits per heavy atom. The summed E-state index contributed by atoms with van der Waals surface area (Å²) >= 11 is 0. The minimum absolute atomic E-state index is 0.0509. The lowest BCUT2D eigenvalue weighted by Crippen LogP contribution is -2.46. The van der Waals surface area contributed by atoms with Gasteiger partial charge in [0.05, 0.1) is 6.54 Å². The molecule has 1 aliphatic heterocycles. The molecule has 26 heavy (non-hydrogen) atoms. The number of carbonyl (C=O) groups excluding carboxylic acids is 2. The van der Waals surface area contributed by atoms with Crippen LogP contribution < -0.4 is 10.2 Å². The van der Waals surface area contributed by atoms with E-state index >= 15 is 0 Å². The summed E-state index contributed by atoms with van der Waals surface area (Å²) in [6.07, 6.45) is 1.48. The van der Waals surface area contributed by atoms with E-state index in [2.05, 4.69) is 15.2 Å². The Balaban J connectivity index is 1.58. The van der Waals surface area contributed by atoms with Crippen LogP contribution in [0, 0.1) is 5.92 Å². The highest BCUT2D eigenvalue weighted by atomic mass is 16.4. The Labute approximate surface area is 153 Å². The maximum Gasteiger partial charge on any atom is 0.298 e. The van der Waals surface area contributed by atoms with Crippen LogP contribution in [0.4, 0.5) is 6.01 Å². The van der Waals surface area contributed by atoms with Crippen molar-refractivity contribution >= 4 is 28.9 Å². The first-order valence-electron chi connectivity index (χ1n) is 9.28. The highest BCUT2D eigenvalue weighted by molar-refractivity contribution is 5.86. The number of hydrogen-bond donors (Lipinski definition) is 1. The molecule has 2 heterocycles. The molecule has 1 fully saturated rings. The van der Waals surface area contributed by atoms with Crippen LogP contribution in [0.25, 0.3) is 11.1 Å². The first-order valence-corrected chi connectivity index (χ1v) is 9.28. The van der Waals surface area contributed by atoms with E-state index in [1.807, 2.05) is 38.1 Å². The van der Waals surface area contributed by atoms with E-state index in [1.54, 1.807) is 4.90 Å². The number of likely N-dealkylation sites (N-methyl/N-ethyl adjacent to an activating group) is 2. The van der Waals surface area contributed by atoms with Gasteiger partial charge < -0.3 is 19.5 Å². The quantitative estimate of drug-likeness (QED) is 0.855. The Morgan fingerprint density at radius 3 is 2.65 bits per heavy atom. The average Bonchev–Trinajstić information content (AvgIpc) is 3.10. The number of hydrogen-bond acceptors (Lipinski definition) is 5. The van der Waals surface area contributed by atoms with Crippen molar-refractivity contribution in [1.82, 2.24) is 15.2 Å². The molecule has 0 atom stereocenters. The van der Waals surface area contributed by atoms with Crippen molar-refractivity contribution in [3.8, 4) is 0 Å². The number of carbonyl (C=O) groups is 2. The Hall–Kier alpha value is -2.57. The number of aromatic nitrogens is 1. The SMILES string of the molecule is CCNC(=O)CN(CC)C(=O)C1CCN(c2nc3ccccc3o2)CC1. The fraction of sp³-hybridized carbons (Fsp3) is 0.526. The summed E-state index contributed by atoms with van der Waals surface area (Å²) in [5, 5.41) is 2.75. The Bertz CT molecular complexity index is 732. The van der Waals surface area contributed by atoms with Gasteiger partial charge in [-0.15, -0.1) is 0 Å². The molecule has 0 unspecified atom stereocenters. The summed E-state index contributed by atoms with van der Waals surface area (Å²) in [4.78, 5) is 32.8. The van der Waals surface area contributed by atoms with Gasteiger partial charge in [0.1, 0.15) is 5.52 Å². The Morgan fingerprint density at radius 2 is 2.00 bits per heavy atom. The Kier molecular flexibility index (Phi) is 5.75. The van der Waals surface area contributed by atoms with Crippen molar-refractivity contribution in [3.05, 3.63) is 24.3 Å². The minimum Gasteiger partial charge on any atom is -0.423 e. The molecule has 2 aromatic rings. The van der Waals surface area contributed by atoms with E-state index in [0.29, 0.717) is 19.1 Å². The van der Waals surface area contributed by atoms with Gasteiger partial charge in [-0.3, -0.25) is 9.59 Å². The summed E-state index contributed by atoms with van der Waals surface area (Å²) in [6, 6.07) is 8.32. The van der Waals surface area contributed by atoms with Gasteiger partial charge in [-0.05, 0) is 38.8 Å². The fourth-order valence-corrected chi connectivity index (χ4v) is 3.34. The number of fused-ring (bicyclic) bond motifs is 1. The number of anilines is 1. The van der Waals surface area contributed by atoms with E-state index < -0.39 is 0 Å². The smallest absolute Gasteiger partial charge is 0.298 e. The number of amides is 2. The number of nitrogens with zero attached hydrogens (tertiary/aromatic N) is 3. The molecular weight excluding hydrogens is 332 g/mol. The molecule has 140 valence electrons. The molecule has 7 heteroatoms. The first-order chi connectivity index (χ1) is 12.6. The maximum atomic E-state index is 12.7. The van der Waals surface area contributed by atoms with Crippen molar-refractivity contribution < 1.29 is 14.0 Å². The molecule has 1 N–H and O–H groups in total. The average molecular weight is 358 g/mol. The van der Waals surface area contributed by atoms with Crippen LogP contribution in [0.15, 0.2) is 28.7 Å². The second-order valence-corrected chi connectivity index (χ2v) is 6.53. The fourth-order valence-electron chi connectivity index (χ4n) is 3.34. The number of nitrogens with one attached hydrogen (secondary N) is 1. The van der Waals surface area contributed by atoms with Crippen LogP contribution in [-0.2, 0) is 9.59 Å². The molecule has 1 aromatic carbocycles. The van der Waals surface area contributed by atoms with Gasteiger partial charge in [-0.2, -0.15) is 4.98 Å². The highest BCUT2D eigenvalue weighted by Crippen LogP contribution is 2.27. The first kappa shape index (κ1) is 18.2. The van der Waals surface area contributed by atoms with Gasteiger partial charge in [0, 0.05) is 32.1 Å². The van der Waals surface area contributed by atoms with Gasteiger partial charge in [-0.1, -0.05) is 12.1 Å². The largest absolute Gasteiger partial charge is 0.423 e. The molecule has 7 nitrogen and oxygen atoms in total. The second-order valence-electron chi connectivity index (χ2n) is 6.53. The number of para-hydroxylation sites is 2. The van der Waals surface area contributed by atoms with E-state index in [9.17, 15) is 9.59 Å². The van der Waals surface area contributed by atoms with Crippen molar-refractivity contribution in [3.63, 3.8) is 0 Å². The molecule has 0 saturated carbocycles. The zero-order chi connectivity index (χ0) is 18.5. The number of piperidine rings is 1. The van der Waals surface area contributed by atoms with Crippen molar-refractivity contribution in [2.75, 3.05) is 37.6 Å². The lowest BCUT2D eigenvalue weighted by molar-refractivity contribution is -0.139. The normalized spacial score (nSPS) is 15.2. The van der Waals surface area contributed by atoms with Gasteiger partial charge in [0.15, 0.2) is 5.58 Å². The van der Waals surface area contributed by atoms with E-state index in [1.165, 1.54) is 0 Å². The van der Waals surface area contributed by atoms with E-state index in [-0.39, 0.29) is 24.3 Å². The van der Waals surface area contributed by atoms with Crippen LogP contribution in [-0.4, -0.2) is 54.4 Å². The zero-order valence-corrected chi connectivity index (χ0v) is 15.4. The molecule has 3 rings (SSSR count). The lowest BCUT2D eigenvalue weighted by Gasteiger charge is -2.33. The van der Waals surface area contributed by atoms with Crippen molar-refractivity contribution in [2.24, 2.45) is 5.92 Å². The molecule has 1 aliphatic rings. The number of benzene rings is 1. The number of oxazole rings is 1. The van der Waals surface area contributed by atoms with E-state index in [0.717, 1.165) is 37.0 Å². The predicted octanol–water partition coefficient (Wildman–Crippen LogP) is 2.03. The lowest BCUT2D eigenvalue weighted by atomic mass is 9.95. The predicted molar refractivity (Wildman–Crippen MR) is 99.9 cm³/mol. The van der Waals surface area contributed by atoms with E-state index in [4.69, 9.17) is 4.42 Å². The molecule has 0 bridgehead atoms. The summed E-state index contributed by atoms with van der Waals surface area (Å²) in [7, 11) is 0. The molecule has 1 saturated heterocycles.